The first-order valence-corrected chi connectivity index (χ1v) is 6.55. The van der Waals surface area contributed by atoms with Crippen molar-refractivity contribution in [3.8, 4) is 0 Å². The highest BCUT2D eigenvalue weighted by Crippen LogP contribution is 2.04. The molecule has 2 rings (SSSR count). The van der Waals surface area contributed by atoms with E-state index in [0.717, 1.165) is 25.9 Å². The van der Waals surface area contributed by atoms with Gasteiger partial charge in [-0.1, -0.05) is 31.2 Å². The number of aromatic nitrogens is 2. The second-order valence-electron chi connectivity index (χ2n) is 4.54. The van der Waals surface area contributed by atoms with E-state index in [9.17, 15) is 0 Å². The van der Waals surface area contributed by atoms with Crippen molar-refractivity contribution in [2.75, 3.05) is 6.54 Å². The summed E-state index contributed by atoms with van der Waals surface area (Å²) in [4.78, 5) is 0. The molecule has 0 bridgehead atoms. The average Bonchev–Trinajstić information content (AvgIpc) is 2.81. The second kappa shape index (κ2) is 6.36. The van der Waals surface area contributed by atoms with Crippen LogP contribution in [-0.2, 0) is 26.4 Å². The van der Waals surface area contributed by atoms with Crippen LogP contribution in [0.1, 0.15) is 23.7 Å². The molecule has 2 aromatic rings. The predicted octanol–water partition coefficient (Wildman–Crippen LogP) is 2.31. The Bertz CT molecular complexity index is 471. The molecule has 3 heteroatoms. The lowest BCUT2D eigenvalue weighted by Gasteiger charge is -2.06. The standard InChI is InChI=1S/C15H21N3/c1-3-13-4-6-14(7-5-13)12-16-10-8-15-9-11-17-18(15)2/h4-7,9,11,16H,3,8,10,12H2,1-2H3. The molecule has 0 amide bonds. The van der Waals surface area contributed by atoms with Gasteiger partial charge in [0.25, 0.3) is 0 Å². The van der Waals surface area contributed by atoms with Crippen molar-refractivity contribution in [3.05, 3.63) is 53.3 Å². The van der Waals surface area contributed by atoms with Gasteiger partial charge in [-0.3, -0.25) is 4.68 Å². The van der Waals surface area contributed by atoms with E-state index in [1.54, 1.807) is 0 Å². The molecule has 0 radical (unpaired) electrons. The molecule has 0 atom stereocenters. The van der Waals surface area contributed by atoms with Crippen LogP contribution >= 0.6 is 0 Å². The van der Waals surface area contributed by atoms with Crippen molar-refractivity contribution >= 4 is 0 Å². The van der Waals surface area contributed by atoms with E-state index in [0.29, 0.717) is 0 Å². The fourth-order valence-corrected chi connectivity index (χ4v) is 1.99. The lowest BCUT2D eigenvalue weighted by atomic mass is 10.1. The summed E-state index contributed by atoms with van der Waals surface area (Å²) >= 11 is 0. The maximum Gasteiger partial charge on any atom is 0.0492 e. The Morgan fingerprint density at radius 3 is 2.44 bits per heavy atom. The Kier molecular flexibility index (Phi) is 4.53. The van der Waals surface area contributed by atoms with Gasteiger partial charge in [0.05, 0.1) is 0 Å². The molecule has 3 nitrogen and oxygen atoms in total. The summed E-state index contributed by atoms with van der Waals surface area (Å²) in [6.45, 7) is 4.10. The van der Waals surface area contributed by atoms with Crippen molar-refractivity contribution in [2.45, 2.75) is 26.3 Å². The van der Waals surface area contributed by atoms with Crippen molar-refractivity contribution in [3.63, 3.8) is 0 Å². The van der Waals surface area contributed by atoms with E-state index >= 15 is 0 Å². The van der Waals surface area contributed by atoms with Crippen LogP contribution in [-0.4, -0.2) is 16.3 Å². The minimum Gasteiger partial charge on any atom is -0.312 e. The Morgan fingerprint density at radius 2 is 1.83 bits per heavy atom. The van der Waals surface area contributed by atoms with Crippen molar-refractivity contribution < 1.29 is 0 Å². The fourth-order valence-electron chi connectivity index (χ4n) is 1.99. The third-order valence-corrected chi connectivity index (χ3v) is 3.24. The molecule has 0 fully saturated rings. The number of aryl methyl sites for hydroxylation is 2. The highest BCUT2D eigenvalue weighted by atomic mass is 15.3. The van der Waals surface area contributed by atoms with Crippen LogP contribution in [0.25, 0.3) is 0 Å². The molecule has 1 aromatic heterocycles. The zero-order chi connectivity index (χ0) is 12.8. The lowest BCUT2D eigenvalue weighted by molar-refractivity contribution is 0.643. The van der Waals surface area contributed by atoms with Gasteiger partial charge in [0.15, 0.2) is 0 Å². The first kappa shape index (κ1) is 12.8. The van der Waals surface area contributed by atoms with Crippen molar-refractivity contribution in [1.82, 2.24) is 15.1 Å². The van der Waals surface area contributed by atoms with Crippen LogP contribution < -0.4 is 5.32 Å². The Hall–Kier alpha value is -1.61. The molecular weight excluding hydrogens is 222 g/mol. The molecule has 1 N–H and O–H groups in total. The van der Waals surface area contributed by atoms with E-state index in [1.807, 2.05) is 17.9 Å². The zero-order valence-corrected chi connectivity index (χ0v) is 11.2. The lowest BCUT2D eigenvalue weighted by Crippen LogP contribution is -2.17. The SMILES string of the molecule is CCc1ccc(CNCCc2ccnn2C)cc1. The third kappa shape index (κ3) is 3.44. The monoisotopic (exact) mass is 243 g/mol. The molecule has 0 aliphatic rings. The van der Waals surface area contributed by atoms with Gasteiger partial charge in [0.2, 0.25) is 0 Å². The van der Waals surface area contributed by atoms with Crippen LogP contribution in [0.5, 0.6) is 0 Å². The molecule has 0 saturated heterocycles. The van der Waals surface area contributed by atoms with E-state index in [2.05, 4.69) is 47.7 Å². The predicted molar refractivity (Wildman–Crippen MR) is 74.4 cm³/mol. The van der Waals surface area contributed by atoms with Crippen molar-refractivity contribution in [1.29, 1.82) is 0 Å². The van der Waals surface area contributed by atoms with E-state index in [-0.39, 0.29) is 0 Å². The molecule has 0 aliphatic heterocycles. The molecule has 96 valence electrons. The third-order valence-electron chi connectivity index (χ3n) is 3.24. The van der Waals surface area contributed by atoms with Crippen LogP contribution in [0.2, 0.25) is 0 Å². The van der Waals surface area contributed by atoms with Crippen LogP contribution in [0.4, 0.5) is 0 Å². The van der Waals surface area contributed by atoms with E-state index < -0.39 is 0 Å². The summed E-state index contributed by atoms with van der Waals surface area (Å²) in [5, 5.41) is 7.63. The summed E-state index contributed by atoms with van der Waals surface area (Å²) < 4.78 is 1.93. The topological polar surface area (TPSA) is 29.9 Å². The van der Waals surface area contributed by atoms with Gasteiger partial charge >= 0.3 is 0 Å². The van der Waals surface area contributed by atoms with Crippen LogP contribution in [0.3, 0.4) is 0 Å². The minimum atomic E-state index is 0.932. The van der Waals surface area contributed by atoms with Crippen LogP contribution in [0.15, 0.2) is 36.5 Å². The number of nitrogens with one attached hydrogen (secondary N) is 1. The average molecular weight is 243 g/mol. The van der Waals surface area contributed by atoms with Gasteiger partial charge in [-0.05, 0) is 23.6 Å². The number of rotatable bonds is 6. The quantitative estimate of drug-likeness (QED) is 0.789. The Labute approximate surface area is 109 Å². The summed E-state index contributed by atoms with van der Waals surface area (Å²) in [5.74, 6) is 0. The van der Waals surface area contributed by atoms with Gasteiger partial charge in [0, 0.05) is 38.4 Å². The molecule has 0 spiro atoms. The maximum atomic E-state index is 4.16. The second-order valence-corrected chi connectivity index (χ2v) is 4.54. The van der Waals surface area contributed by atoms with Gasteiger partial charge in [0.1, 0.15) is 0 Å². The molecule has 1 aromatic carbocycles. The van der Waals surface area contributed by atoms with Crippen molar-refractivity contribution in [2.24, 2.45) is 7.05 Å². The molecule has 0 saturated carbocycles. The number of benzene rings is 1. The number of nitrogens with zero attached hydrogens (tertiary/aromatic N) is 2. The Morgan fingerprint density at radius 1 is 1.11 bits per heavy atom. The first-order chi connectivity index (χ1) is 8.79. The van der Waals surface area contributed by atoms with Gasteiger partial charge in [-0.25, -0.2) is 0 Å². The highest BCUT2D eigenvalue weighted by Gasteiger charge is 1.98. The number of hydrogen-bond acceptors (Lipinski definition) is 2. The summed E-state index contributed by atoms with van der Waals surface area (Å²) in [6.07, 6.45) is 3.97. The summed E-state index contributed by atoms with van der Waals surface area (Å²) in [7, 11) is 1.98. The largest absolute Gasteiger partial charge is 0.312 e. The fraction of sp³-hybridized carbons (Fsp3) is 0.400. The summed E-state index contributed by atoms with van der Waals surface area (Å²) in [5.41, 5.74) is 4.01. The minimum absolute atomic E-state index is 0.932. The molecule has 1 heterocycles. The normalized spacial score (nSPS) is 10.8. The summed E-state index contributed by atoms with van der Waals surface area (Å²) in [6, 6.07) is 10.9. The van der Waals surface area contributed by atoms with E-state index in [1.165, 1.54) is 16.8 Å². The molecule has 0 aliphatic carbocycles. The molecule has 18 heavy (non-hydrogen) atoms. The maximum absolute atomic E-state index is 4.16. The van der Waals surface area contributed by atoms with Gasteiger partial charge in [-0.2, -0.15) is 5.10 Å². The number of hydrogen-bond donors (Lipinski definition) is 1. The Balaban J connectivity index is 1.73. The van der Waals surface area contributed by atoms with Gasteiger partial charge < -0.3 is 5.32 Å². The van der Waals surface area contributed by atoms with Gasteiger partial charge in [-0.15, -0.1) is 0 Å². The molecular formula is C15H21N3. The first-order valence-electron chi connectivity index (χ1n) is 6.55. The molecule has 0 unspecified atom stereocenters. The highest BCUT2D eigenvalue weighted by molar-refractivity contribution is 5.22. The van der Waals surface area contributed by atoms with E-state index in [4.69, 9.17) is 0 Å². The smallest absolute Gasteiger partial charge is 0.0492 e. The zero-order valence-electron chi connectivity index (χ0n) is 11.2. The van der Waals surface area contributed by atoms with Crippen LogP contribution in [0, 0.1) is 0 Å².